The van der Waals surface area contributed by atoms with Crippen molar-refractivity contribution in [3.63, 3.8) is 0 Å². The third-order valence-corrected chi connectivity index (χ3v) is 4.83. The maximum atomic E-state index is 12.5. The third-order valence-electron chi connectivity index (χ3n) is 4.83. The smallest absolute Gasteiger partial charge is 0.194 e. The number of nitrogens with zero attached hydrogens (tertiary/aromatic N) is 2. The summed E-state index contributed by atoms with van der Waals surface area (Å²) >= 11 is 0. The van der Waals surface area contributed by atoms with E-state index in [1.54, 1.807) is 18.2 Å². The van der Waals surface area contributed by atoms with Crippen LogP contribution in [0.25, 0.3) is 0 Å². The lowest BCUT2D eigenvalue weighted by atomic mass is 9.83. The standard InChI is InChI=1S/C22H22N2O2/c1-22(2)19-6-4-5-7-20(19)24(3)21(22)14-17(25)15-26-18-10-8-16(9-11-18)12-13-23/h4-11,14H,12,15H2,1-3H3. The molecule has 0 amide bonds. The fourth-order valence-electron chi connectivity index (χ4n) is 3.40. The third kappa shape index (κ3) is 3.34. The summed E-state index contributed by atoms with van der Waals surface area (Å²) < 4.78 is 5.60. The molecule has 2 aromatic rings. The summed E-state index contributed by atoms with van der Waals surface area (Å²) in [5.41, 5.74) is 4.03. The minimum Gasteiger partial charge on any atom is -0.485 e. The number of anilines is 1. The van der Waals surface area contributed by atoms with Crippen LogP contribution in [0.2, 0.25) is 0 Å². The number of likely N-dealkylation sites (N-methyl/N-ethyl adjacent to an activating group) is 1. The van der Waals surface area contributed by atoms with Crippen LogP contribution in [0.3, 0.4) is 0 Å². The average molecular weight is 346 g/mol. The maximum Gasteiger partial charge on any atom is 0.194 e. The van der Waals surface area contributed by atoms with Gasteiger partial charge in [-0.3, -0.25) is 4.79 Å². The molecule has 0 fully saturated rings. The van der Waals surface area contributed by atoms with Crippen LogP contribution in [-0.2, 0) is 16.6 Å². The summed E-state index contributed by atoms with van der Waals surface area (Å²) in [4.78, 5) is 14.5. The SMILES string of the molecule is CN1C(=CC(=O)COc2ccc(CC#N)cc2)C(C)(C)c2ccccc21. The molecule has 1 aliphatic heterocycles. The lowest BCUT2D eigenvalue weighted by molar-refractivity contribution is -0.116. The summed E-state index contributed by atoms with van der Waals surface area (Å²) in [5.74, 6) is 0.551. The summed E-state index contributed by atoms with van der Waals surface area (Å²) in [6.45, 7) is 4.24. The largest absolute Gasteiger partial charge is 0.485 e. The van der Waals surface area contributed by atoms with Crippen molar-refractivity contribution in [3.05, 3.63) is 71.4 Å². The highest BCUT2D eigenvalue weighted by Crippen LogP contribution is 2.46. The number of carbonyl (C=O) groups is 1. The predicted molar refractivity (Wildman–Crippen MR) is 102 cm³/mol. The number of para-hydroxylation sites is 1. The lowest BCUT2D eigenvalue weighted by Gasteiger charge is -2.23. The molecule has 0 saturated carbocycles. The molecule has 0 spiro atoms. The second-order valence-corrected chi connectivity index (χ2v) is 6.96. The number of nitriles is 1. The van der Waals surface area contributed by atoms with Crippen LogP contribution in [0.15, 0.2) is 60.3 Å². The Morgan fingerprint density at radius 1 is 1.19 bits per heavy atom. The van der Waals surface area contributed by atoms with Gasteiger partial charge in [0.05, 0.1) is 12.5 Å². The summed E-state index contributed by atoms with van der Waals surface area (Å²) in [6, 6.07) is 17.6. The molecule has 3 rings (SSSR count). The van der Waals surface area contributed by atoms with Crippen LogP contribution < -0.4 is 9.64 Å². The maximum absolute atomic E-state index is 12.5. The Labute approximate surface area is 154 Å². The van der Waals surface area contributed by atoms with Gasteiger partial charge in [0, 0.05) is 29.9 Å². The molecule has 1 aliphatic rings. The van der Waals surface area contributed by atoms with Crippen LogP contribution in [0, 0.1) is 11.3 Å². The molecule has 1 heterocycles. The van der Waals surface area contributed by atoms with Crippen molar-refractivity contribution >= 4 is 11.5 Å². The number of ether oxygens (including phenoxy) is 1. The van der Waals surface area contributed by atoms with Crippen LogP contribution >= 0.6 is 0 Å². The van der Waals surface area contributed by atoms with E-state index in [2.05, 4.69) is 36.9 Å². The highest BCUT2D eigenvalue weighted by molar-refractivity contribution is 5.93. The van der Waals surface area contributed by atoms with Gasteiger partial charge >= 0.3 is 0 Å². The van der Waals surface area contributed by atoms with Crippen LogP contribution in [0.1, 0.15) is 25.0 Å². The molecule has 0 atom stereocenters. The molecule has 0 radical (unpaired) electrons. The topological polar surface area (TPSA) is 53.3 Å². The lowest BCUT2D eigenvalue weighted by Crippen LogP contribution is -2.25. The number of hydrogen-bond donors (Lipinski definition) is 0. The number of hydrogen-bond acceptors (Lipinski definition) is 4. The number of allylic oxidation sites excluding steroid dienone is 1. The number of rotatable bonds is 5. The second-order valence-electron chi connectivity index (χ2n) is 6.96. The van der Waals surface area contributed by atoms with Gasteiger partial charge < -0.3 is 9.64 Å². The van der Waals surface area contributed by atoms with Crippen molar-refractivity contribution in [1.82, 2.24) is 0 Å². The molecule has 4 nitrogen and oxygen atoms in total. The van der Waals surface area contributed by atoms with Gasteiger partial charge in [0.15, 0.2) is 12.4 Å². The molecule has 132 valence electrons. The molecule has 0 aliphatic carbocycles. The first-order valence-electron chi connectivity index (χ1n) is 8.60. The molecular formula is C22H22N2O2. The summed E-state index contributed by atoms with van der Waals surface area (Å²) in [6.07, 6.45) is 2.05. The quantitative estimate of drug-likeness (QED) is 0.768. The van der Waals surface area contributed by atoms with Crippen molar-refractivity contribution in [2.45, 2.75) is 25.7 Å². The van der Waals surface area contributed by atoms with Gasteiger partial charge in [-0.2, -0.15) is 5.26 Å². The number of carbonyl (C=O) groups excluding carboxylic acids is 1. The molecule has 26 heavy (non-hydrogen) atoms. The van der Waals surface area contributed by atoms with Gasteiger partial charge in [0.1, 0.15) is 5.75 Å². The van der Waals surface area contributed by atoms with Gasteiger partial charge in [0.2, 0.25) is 0 Å². The number of benzene rings is 2. The Kier molecular flexibility index (Phi) is 4.81. The predicted octanol–water partition coefficient (Wildman–Crippen LogP) is 4.01. The highest BCUT2D eigenvalue weighted by Gasteiger charge is 2.38. The van der Waals surface area contributed by atoms with Crippen LogP contribution in [-0.4, -0.2) is 19.4 Å². The first-order valence-corrected chi connectivity index (χ1v) is 8.60. The summed E-state index contributed by atoms with van der Waals surface area (Å²) in [5, 5.41) is 8.69. The van der Waals surface area contributed by atoms with Crippen molar-refractivity contribution in [2.75, 3.05) is 18.6 Å². The Hall–Kier alpha value is -3.06. The molecule has 0 unspecified atom stereocenters. The molecular weight excluding hydrogens is 324 g/mol. The zero-order valence-electron chi connectivity index (χ0n) is 15.3. The number of ketones is 1. The first kappa shape index (κ1) is 17.8. The molecule has 4 heteroatoms. The van der Waals surface area contributed by atoms with E-state index in [-0.39, 0.29) is 17.8 Å². The second kappa shape index (κ2) is 7.05. The van der Waals surface area contributed by atoms with Crippen LogP contribution in [0.4, 0.5) is 5.69 Å². The molecule has 2 aromatic carbocycles. The van der Waals surface area contributed by atoms with Crippen molar-refractivity contribution in [3.8, 4) is 11.8 Å². The normalized spacial score (nSPS) is 16.2. The van der Waals surface area contributed by atoms with Gasteiger partial charge in [-0.05, 0) is 29.3 Å². The van der Waals surface area contributed by atoms with Gasteiger partial charge in [-0.1, -0.05) is 44.2 Å². The van der Waals surface area contributed by atoms with E-state index in [1.165, 1.54) is 5.56 Å². The Bertz CT molecular complexity index is 889. The van der Waals surface area contributed by atoms with Gasteiger partial charge in [-0.25, -0.2) is 0 Å². The average Bonchev–Trinajstić information content (AvgIpc) is 2.83. The fourth-order valence-corrected chi connectivity index (χ4v) is 3.40. The van der Waals surface area contributed by atoms with Crippen molar-refractivity contribution in [1.29, 1.82) is 5.26 Å². The van der Waals surface area contributed by atoms with E-state index in [0.29, 0.717) is 12.2 Å². The van der Waals surface area contributed by atoms with Gasteiger partial charge in [-0.15, -0.1) is 0 Å². The molecule has 0 saturated heterocycles. The summed E-state index contributed by atoms with van der Waals surface area (Å²) in [7, 11) is 1.99. The van der Waals surface area contributed by atoms with E-state index in [1.807, 2.05) is 31.3 Å². The van der Waals surface area contributed by atoms with Crippen molar-refractivity contribution < 1.29 is 9.53 Å². The zero-order chi connectivity index (χ0) is 18.7. The molecule has 0 N–H and O–H groups in total. The Morgan fingerprint density at radius 3 is 2.54 bits per heavy atom. The number of fused-ring (bicyclic) bond motifs is 1. The van der Waals surface area contributed by atoms with Gasteiger partial charge in [0.25, 0.3) is 0 Å². The van der Waals surface area contributed by atoms with Crippen LogP contribution in [0.5, 0.6) is 5.75 Å². The van der Waals surface area contributed by atoms with E-state index in [9.17, 15) is 4.79 Å². The monoisotopic (exact) mass is 346 g/mol. The minimum absolute atomic E-state index is 0.0125. The minimum atomic E-state index is -0.222. The molecule has 0 bridgehead atoms. The first-order chi connectivity index (χ1) is 12.4. The van der Waals surface area contributed by atoms with E-state index >= 15 is 0 Å². The van der Waals surface area contributed by atoms with E-state index < -0.39 is 0 Å². The van der Waals surface area contributed by atoms with Crippen molar-refractivity contribution in [2.24, 2.45) is 0 Å². The Balaban J connectivity index is 1.70. The van der Waals surface area contributed by atoms with E-state index in [4.69, 9.17) is 10.00 Å². The van der Waals surface area contributed by atoms with E-state index in [0.717, 1.165) is 16.9 Å². The Morgan fingerprint density at radius 2 is 1.88 bits per heavy atom. The zero-order valence-corrected chi connectivity index (χ0v) is 15.3. The fraction of sp³-hybridized carbons (Fsp3) is 0.273. The highest BCUT2D eigenvalue weighted by atomic mass is 16.5. The molecule has 0 aromatic heterocycles.